The van der Waals surface area contributed by atoms with Crippen LogP contribution in [-0.2, 0) is 19.8 Å². The molecule has 0 N–H and O–H groups in total. The zero-order chi connectivity index (χ0) is 18.7. The summed E-state index contributed by atoms with van der Waals surface area (Å²) < 4.78 is 29.8. The van der Waals surface area contributed by atoms with Gasteiger partial charge in [0.15, 0.2) is 11.5 Å². The molecule has 26 heavy (non-hydrogen) atoms. The topological polar surface area (TPSA) is 78.6 Å². The van der Waals surface area contributed by atoms with Crippen molar-refractivity contribution in [3.63, 3.8) is 0 Å². The Morgan fingerprint density at radius 2 is 1.96 bits per heavy atom. The van der Waals surface area contributed by atoms with E-state index >= 15 is 0 Å². The van der Waals surface area contributed by atoms with Crippen molar-refractivity contribution in [1.29, 1.82) is 0 Å². The predicted octanol–water partition coefficient (Wildman–Crippen LogP) is 5.31. The van der Waals surface area contributed by atoms with E-state index in [1.54, 1.807) is 32.0 Å². The van der Waals surface area contributed by atoms with E-state index in [4.69, 9.17) is 13.6 Å². The van der Waals surface area contributed by atoms with E-state index in [-0.39, 0.29) is 31.1 Å². The molecule has 0 unspecified atom stereocenters. The van der Waals surface area contributed by atoms with Crippen molar-refractivity contribution >= 4 is 29.3 Å². The lowest BCUT2D eigenvalue weighted by atomic mass is 9.99. The summed E-state index contributed by atoms with van der Waals surface area (Å²) in [6, 6.07) is 5.28. The Morgan fingerprint density at radius 1 is 1.27 bits per heavy atom. The van der Waals surface area contributed by atoms with Crippen LogP contribution in [-0.4, -0.2) is 24.2 Å². The van der Waals surface area contributed by atoms with Gasteiger partial charge in [0, 0.05) is 16.0 Å². The molecule has 6 nitrogen and oxygen atoms in total. The van der Waals surface area contributed by atoms with Crippen LogP contribution in [0.25, 0.3) is 0 Å². The molecule has 0 bridgehead atoms. The minimum Gasteiger partial charge on any atom is -0.360 e. The average Bonchev–Trinajstić information content (AvgIpc) is 3.31. The molecular weight excluding hydrogens is 421 g/mol. The fourth-order valence-electron chi connectivity index (χ4n) is 2.85. The third-order valence-corrected chi connectivity index (χ3v) is 6.64. The molecule has 0 radical (unpaired) electrons. The van der Waals surface area contributed by atoms with E-state index in [0.29, 0.717) is 22.5 Å². The molecule has 1 aromatic carbocycles. The van der Waals surface area contributed by atoms with Crippen LogP contribution in [0.15, 0.2) is 33.4 Å². The lowest BCUT2D eigenvalue weighted by Crippen LogP contribution is -2.08. The van der Waals surface area contributed by atoms with Gasteiger partial charge in [0.25, 0.3) is 0 Å². The first-order valence-corrected chi connectivity index (χ1v) is 11.1. The number of halogens is 1. The molecule has 1 aliphatic rings. The average molecular weight is 442 g/mol. The Balaban J connectivity index is 1.96. The minimum absolute atomic E-state index is 0.0270. The fourth-order valence-corrected chi connectivity index (χ4v) is 4.98. The van der Waals surface area contributed by atoms with Gasteiger partial charge in [-0.05, 0) is 50.5 Å². The number of benzene rings is 1. The number of ketones is 1. The van der Waals surface area contributed by atoms with Crippen molar-refractivity contribution in [2.24, 2.45) is 0 Å². The third-order valence-electron chi connectivity index (χ3n) is 4.12. The molecule has 1 saturated carbocycles. The first-order chi connectivity index (χ1) is 12.5. The SMILES string of the molecule is CCOP(=O)(Cc1cc(Br)ccc1C(=O)c1cnoc1C1CC1)OCC. The smallest absolute Gasteiger partial charge is 0.335 e. The van der Waals surface area contributed by atoms with E-state index in [1.165, 1.54) is 6.20 Å². The number of aromatic nitrogens is 1. The summed E-state index contributed by atoms with van der Waals surface area (Å²) in [7, 11) is -3.34. The number of carbonyl (C=O) groups excluding carboxylic acids is 1. The van der Waals surface area contributed by atoms with E-state index < -0.39 is 7.60 Å². The van der Waals surface area contributed by atoms with Crippen LogP contribution in [0.3, 0.4) is 0 Å². The van der Waals surface area contributed by atoms with Crippen LogP contribution in [0, 0.1) is 0 Å². The van der Waals surface area contributed by atoms with Gasteiger partial charge in [0.1, 0.15) is 0 Å². The van der Waals surface area contributed by atoms with E-state index in [2.05, 4.69) is 21.1 Å². The summed E-state index contributed by atoms with van der Waals surface area (Å²) in [5.74, 6) is 0.727. The summed E-state index contributed by atoms with van der Waals surface area (Å²) in [5, 5.41) is 3.80. The minimum atomic E-state index is -3.34. The molecule has 140 valence electrons. The number of rotatable bonds is 9. The summed E-state index contributed by atoms with van der Waals surface area (Å²) in [6.07, 6.45) is 3.50. The largest absolute Gasteiger partial charge is 0.360 e. The second-order valence-electron chi connectivity index (χ2n) is 6.11. The number of nitrogens with zero attached hydrogens (tertiary/aromatic N) is 1. The summed E-state index contributed by atoms with van der Waals surface area (Å²) in [5.41, 5.74) is 1.54. The van der Waals surface area contributed by atoms with Crippen molar-refractivity contribution in [3.05, 3.63) is 51.3 Å². The maximum atomic E-state index is 13.1. The highest BCUT2D eigenvalue weighted by atomic mass is 79.9. The van der Waals surface area contributed by atoms with Gasteiger partial charge in [-0.2, -0.15) is 0 Å². The maximum Gasteiger partial charge on any atom is 0.335 e. The van der Waals surface area contributed by atoms with E-state index in [9.17, 15) is 9.36 Å². The van der Waals surface area contributed by atoms with Crippen LogP contribution in [0.1, 0.15) is 59.9 Å². The molecule has 1 heterocycles. The van der Waals surface area contributed by atoms with Gasteiger partial charge < -0.3 is 13.6 Å². The summed E-state index contributed by atoms with van der Waals surface area (Å²) >= 11 is 3.41. The Bertz CT molecular complexity index is 836. The van der Waals surface area contributed by atoms with Crippen molar-refractivity contribution in [2.45, 2.75) is 38.8 Å². The van der Waals surface area contributed by atoms with Crippen molar-refractivity contribution in [2.75, 3.05) is 13.2 Å². The van der Waals surface area contributed by atoms with Gasteiger partial charge in [0.05, 0.1) is 31.1 Å². The zero-order valence-electron chi connectivity index (χ0n) is 14.7. The van der Waals surface area contributed by atoms with Crippen LogP contribution in [0.5, 0.6) is 0 Å². The van der Waals surface area contributed by atoms with Crippen molar-refractivity contribution in [3.8, 4) is 0 Å². The molecule has 0 aliphatic heterocycles. The van der Waals surface area contributed by atoms with Crippen LogP contribution in [0.2, 0.25) is 0 Å². The fraction of sp³-hybridized carbons (Fsp3) is 0.444. The Hall–Kier alpha value is -1.27. The molecule has 3 rings (SSSR count). The van der Waals surface area contributed by atoms with Crippen LogP contribution < -0.4 is 0 Å². The van der Waals surface area contributed by atoms with Gasteiger partial charge in [-0.25, -0.2) is 0 Å². The Kier molecular flexibility index (Phi) is 6.13. The Labute approximate surface area is 160 Å². The van der Waals surface area contributed by atoms with Gasteiger partial charge in [-0.3, -0.25) is 9.36 Å². The zero-order valence-corrected chi connectivity index (χ0v) is 17.2. The number of carbonyl (C=O) groups is 1. The van der Waals surface area contributed by atoms with Crippen molar-refractivity contribution < 1.29 is 22.9 Å². The lowest BCUT2D eigenvalue weighted by Gasteiger charge is -2.18. The van der Waals surface area contributed by atoms with Crippen molar-refractivity contribution in [1.82, 2.24) is 5.16 Å². The number of hydrogen-bond donors (Lipinski definition) is 0. The third kappa shape index (κ3) is 4.34. The molecule has 1 fully saturated rings. The van der Waals surface area contributed by atoms with Crippen LogP contribution in [0.4, 0.5) is 0 Å². The second kappa shape index (κ2) is 8.17. The monoisotopic (exact) mass is 441 g/mol. The normalized spacial score (nSPS) is 14.6. The molecule has 0 saturated heterocycles. The predicted molar refractivity (Wildman–Crippen MR) is 101 cm³/mol. The first-order valence-electron chi connectivity index (χ1n) is 8.63. The molecular formula is C18H21BrNO5P. The Morgan fingerprint density at radius 3 is 2.58 bits per heavy atom. The van der Waals surface area contributed by atoms with E-state index in [1.807, 2.05) is 0 Å². The van der Waals surface area contributed by atoms with Gasteiger partial charge in [-0.1, -0.05) is 21.1 Å². The standard InChI is InChI=1S/C18H21BrNO5P/c1-3-23-26(22,24-4-2)11-13-9-14(19)7-8-15(13)17(21)16-10-20-25-18(16)12-5-6-12/h7-10,12H,3-6,11H2,1-2H3. The second-order valence-corrected chi connectivity index (χ2v) is 9.08. The number of hydrogen-bond acceptors (Lipinski definition) is 6. The van der Waals surface area contributed by atoms with Gasteiger partial charge >= 0.3 is 7.60 Å². The molecule has 0 amide bonds. The summed E-state index contributed by atoms with van der Waals surface area (Å²) in [6.45, 7) is 4.06. The first kappa shape index (κ1) is 19.5. The lowest BCUT2D eigenvalue weighted by molar-refractivity contribution is 0.103. The highest BCUT2D eigenvalue weighted by molar-refractivity contribution is 9.10. The van der Waals surface area contributed by atoms with E-state index in [0.717, 1.165) is 17.3 Å². The maximum absolute atomic E-state index is 13.1. The molecule has 0 atom stereocenters. The molecule has 2 aromatic rings. The molecule has 8 heteroatoms. The molecule has 1 aromatic heterocycles. The van der Waals surface area contributed by atoms with Crippen LogP contribution >= 0.6 is 23.5 Å². The highest BCUT2D eigenvalue weighted by Gasteiger charge is 2.34. The quantitative estimate of drug-likeness (QED) is 0.387. The van der Waals surface area contributed by atoms with Gasteiger partial charge in [-0.15, -0.1) is 0 Å². The van der Waals surface area contributed by atoms with Gasteiger partial charge in [0.2, 0.25) is 0 Å². The highest BCUT2D eigenvalue weighted by Crippen LogP contribution is 2.52. The summed E-state index contributed by atoms with van der Waals surface area (Å²) in [4.78, 5) is 13.1. The molecule has 1 aliphatic carbocycles. The molecule has 0 spiro atoms.